The lowest BCUT2D eigenvalue weighted by Crippen LogP contribution is -2.38. The summed E-state index contributed by atoms with van der Waals surface area (Å²) in [5.74, 6) is 1.51. The van der Waals surface area contributed by atoms with E-state index < -0.39 is 0 Å². The van der Waals surface area contributed by atoms with E-state index in [0.717, 1.165) is 18.8 Å². The van der Waals surface area contributed by atoms with Crippen LogP contribution in [0.15, 0.2) is 6.07 Å². The van der Waals surface area contributed by atoms with E-state index in [2.05, 4.69) is 28.7 Å². The number of nitrogens with two attached hydrogens (primary N) is 2. The van der Waals surface area contributed by atoms with E-state index in [4.69, 9.17) is 11.5 Å². The van der Waals surface area contributed by atoms with Crippen molar-refractivity contribution >= 4 is 17.6 Å². The molecule has 0 radical (unpaired) electrons. The first-order valence-electron chi connectivity index (χ1n) is 5.17. The molecule has 15 heavy (non-hydrogen) atoms. The maximum Gasteiger partial charge on any atom is 0.223 e. The van der Waals surface area contributed by atoms with Crippen molar-refractivity contribution in [3.63, 3.8) is 0 Å². The van der Waals surface area contributed by atoms with Crippen LogP contribution in [0.25, 0.3) is 0 Å². The zero-order valence-corrected chi connectivity index (χ0v) is 9.20. The van der Waals surface area contributed by atoms with E-state index in [0.29, 0.717) is 5.82 Å². The van der Waals surface area contributed by atoms with Crippen molar-refractivity contribution in [2.75, 3.05) is 22.9 Å². The zero-order valence-electron chi connectivity index (χ0n) is 9.20. The number of hydrogen-bond donors (Lipinski definition) is 2. The van der Waals surface area contributed by atoms with E-state index >= 15 is 0 Å². The highest BCUT2D eigenvalue weighted by atomic mass is 15.3. The summed E-state index contributed by atoms with van der Waals surface area (Å²) in [6.45, 7) is 5.41. The Morgan fingerprint density at radius 2 is 2.07 bits per heavy atom. The Bertz CT molecular complexity index is 354. The fourth-order valence-corrected chi connectivity index (χ4v) is 2.14. The predicted octanol–water partition coefficient (Wildman–Crippen LogP) is 1.02. The van der Waals surface area contributed by atoms with Gasteiger partial charge in [0.05, 0.1) is 0 Å². The van der Waals surface area contributed by atoms with Gasteiger partial charge in [-0.3, -0.25) is 0 Å². The highest BCUT2D eigenvalue weighted by Crippen LogP contribution is 2.32. The van der Waals surface area contributed by atoms with Gasteiger partial charge in [0.15, 0.2) is 0 Å². The molecule has 0 aliphatic carbocycles. The van der Waals surface area contributed by atoms with Crippen LogP contribution in [0.5, 0.6) is 0 Å². The van der Waals surface area contributed by atoms with Gasteiger partial charge in [-0.15, -0.1) is 0 Å². The van der Waals surface area contributed by atoms with Gasteiger partial charge in [0.25, 0.3) is 0 Å². The minimum absolute atomic E-state index is 0.132. The third-order valence-corrected chi connectivity index (χ3v) is 2.93. The van der Waals surface area contributed by atoms with Crippen LogP contribution in [0.3, 0.4) is 0 Å². The third-order valence-electron chi connectivity index (χ3n) is 2.93. The van der Waals surface area contributed by atoms with Gasteiger partial charge in [-0.25, -0.2) is 0 Å². The van der Waals surface area contributed by atoms with Gasteiger partial charge < -0.3 is 16.4 Å². The van der Waals surface area contributed by atoms with Crippen molar-refractivity contribution in [3.05, 3.63) is 6.07 Å². The first kappa shape index (κ1) is 10.0. The Hall–Kier alpha value is -1.52. The van der Waals surface area contributed by atoms with Crippen LogP contribution in [-0.4, -0.2) is 22.1 Å². The van der Waals surface area contributed by atoms with Crippen molar-refractivity contribution in [3.8, 4) is 0 Å². The molecule has 1 aromatic heterocycles. The molecule has 1 fully saturated rings. The van der Waals surface area contributed by atoms with Crippen molar-refractivity contribution in [1.82, 2.24) is 9.97 Å². The summed E-state index contributed by atoms with van der Waals surface area (Å²) < 4.78 is 0. The van der Waals surface area contributed by atoms with Crippen LogP contribution in [0, 0.1) is 0 Å². The van der Waals surface area contributed by atoms with Gasteiger partial charge in [0.2, 0.25) is 5.95 Å². The molecule has 1 aliphatic heterocycles. The second-order valence-electron chi connectivity index (χ2n) is 4.58. The predicted molar refractivity (Wildman–Crippen MR) is 61.5 cm³/mol. The van der Waals surface area contributed by atoms with Crippen LogP contribution < -0.4 is 16.4 Å². The van der Waals surface area contributed by atoms with Gasteiger partial charge in [-0.2, -0.15) is 9.97 Å². The Labute approximate surface area is 89.5 Å². The molecule has 1 aromatic rings. The molecule has 2 rings (SSSR count). The van der Waals surface area contributed by atoms with E-state index in [1.807, 2.05) is 0 Å². The molecular formula is C10H17N5. The largest absolute Gasteiger partial charge is 0.383 e. The lowest BCUT2D eigenvalue weighted by molar-refractivity contribution is 0.514. The molecule has 0 amide bonds. The van der Waals surface area contributed by atoms with Crippen molar-refractivity contribution in [1.29, 1.82) is 0 Å². The summed E-state index contributed by atoms with van der Waals surface area (Å²) in [7, 11) is 0. The molecule has 0 saturated carbocycles. The van der Waals surface area contributed by atoms with Crippen molar-refractivity contribution < 1.29 is 0 Å². The fraction of sp³-hybridized carbons (Fsp3) is 0.600. The maximum absolute atomic E-state index is 5.66. The van der Waals surface area contributed by atoms with E-state index in [9.17, 15) is 0 Å². The molecule has 2 heterocycles. The van der Waals surface area contributed by atoms with Crippen molar-refractivity contribution in [2.24, 2.45) is 0 Å². The summed E-state index contributed by atoms with van der Waals surface area (Å²) in [6.07, 6.45) is 2.34. The first-order valence-corrected chi connectivity index (χ1v) is 5.17. The number of hydrogen-bond acceptors (Lipinski definition) is 5. The molecule has 0 bridgehead atoms. The maximum atomic E-state index is 5.66. The summed E-state index contributed by atoms with van der Waals surface area (Å²) >= 11 is 0. The SMILES string of the molecule is CC1(C)CCCN1c1cc(N)nc(N)n1. The number of aromatic nitrogens is 2. The molecule has 5 nitrogen and oxygen atoms in total. The third kappa shape index (κ3) is 1.82. The van der Waals surface area contributed by atoms with E-state index in [1.54, 1.807) is 6.07 Å². The molecule has 0 aromatic carbocycles. The Kier molecular flexibility index (Phi) is 2.17. The average molecular weight is 207 g/mol. The van der Waals surface area contributed by atoms with Gasteiger partial charge in [-0.1, -0.05) is 0 Å². The Balaban J connectivity index is 2.37. The molecular weight excluding hydrogens is 190 g/mol. The fourth-order valence-electron chi connectivity index (χ4n) is 2.14. The quantitative estimate of drug-likeness (QED) is 0.718. The van der Waals surface area contributed by atoms with Gasteiger partial charge in [-0.05, 0) is 26.7 Å². The van der Waals surface area contributed by atoms with Gasteiger partial charge in [0, 0.05) is 18.2 Å². The number of anilines is 3. The van der Waals surface area contributed by atoms with Crippen LogP contribution in [0.1, 0.15) is 26.7 Å². The van der Waals surface area contributed by atoms with Crippen LogP contribution >= 0.6 is 0 Å². The Morgan fingerprint density at radius 3 is 2.60 bits per heavy atom. The summed E-state index contributed by atoms with van der Waals surface area (Å²) in [4.78, 5) is 10.3. The second-order valence-corrected chi connectivity index (χ2v) is 4.58. The number of nitrogen functional groups attached to an aromatic ring is 2. The smallest absolute Gasteiger partial charge is 0.223 e. The minimum atomic E-state index is 0.132. The van der Waals surface area contributed by atoms with Gasteiger partial charge in [0.1, 0.15) is 11.6 Å². The molecule has 0 unspecified atom stereocenters. The number of nitrogens with zero attached hydrogens (tertiary/aromatic N) is 3. The second kappa shape index (κ2) is 3.25. The van der Waals surface area contributed by atoms with Crippen LogP contribution in [0.4, 0.5) is 17.6 Å². The van der Waals surface area contributed by atoms with Crippen LogP contribution in [0.2, 0.25) is 0 Å². The molecule has 0 atom stereocenters. The molecule has 1 aliphatic rings. The molecule has 1 saturated heterocycles. The molecule has 0 spiro atoms. The lowest BCUT2D eigenvalue weighted by Gasteiger charge is -2.32. The summed E-state index contributed by atoms with van der Waals surface area (Å²) in [6, 6.07) is 1.78. The highest BCUT2D eigenvalue weighted by Gasteiger charge is 2.33. The molecule has 5 heteroatoms. The Morgan fingerprint density at radius 1 is 1.33 bits per heavy atom. The van der Waals surface area contributed by atoms with E-state index in [-0.39, 0.29) is 11.5 Å². The number of rotatable bonds is 1. The standard InChI is InChI=1S/C10H17N5/c1-10(2)4-3-5-15(10)8-6-7(11)13-9(12)14-8/h6H,3-5H2,1-2H3,(H4,11,12,13,14). The zero-order chi connectivity index (χ0) is 11.1. The first-order chi connectivity index (χ1) is 6.99. The monoisotopic (exact) mass is 207 g/mol. The minimum Gasteiger partial charge on any atom is -0.383 e. The normalized spacial score (nSPS) is 19.5. The topological polar surface area (TPSA) is 81.1 Å². The summed E-state index contributed by atoms with van der Waals surface area (Å²) in [5, 5.41) is 0. The average Bonchev–Trinajstić information content (AvgIpc) is 2.43. The van der Waals surface area contributed by atoms with Crippen LogP contribution in [-0.2, 0) is 0 Å². The van der Waals surface area contributed by atoms with E-state index in [1.165, 1.54) is 6.42 Å². The highest BCUT2D eigenvalue weighted by molar-refractivity contribution is 5.52. The van der Waals surface area contributed by atoms with Crippen molar-refractivity contribution in [2.45, 2.75) is 32.2 Å². The molecule has 82 valence electrons. The van der Waals surface area contributed by atoms with Gasteiger partial charge >= 0.3 is 0 Å². The lowest BCUT2D eigenvalue weighted by atomic mass is 10.0. The molecule has 4 N–H and O–H groups in total. The summed E-state index contributed by atoms with van der Waals surface area (Å²) in [5.41, 5.74) is 11.4.